The van der Waals surface area contributed by atoms with E-state index in [1.165, 1.54) is 0 Å². The minimum Gasteiger partial charge on any atom is -0.492 e. The molecule has 0 unspecified atom stereocenters. The van der Waals surface area contributed by atoms with E-state index in [9.17, 15) is 10.1 Å². The lowest BCUT2D eigenvalue weighted by Crippen LogP contribution is -2.44. The zero-order valence-corrected chi connectivity index (χ0v) is 17.1. The van der Waals surface area contributed by atoms with Gasteiger partial charge >= 0.3 is 0 Å². The zero-order valence-electron chi connectivity index (χ0n) is 17.1. The molecule has 8 heteroatoms. The van der Waals surface area contributed by atoms with Crippen LogP contribution in [0.1, 0.15) is 32.3 Å². The van der Waals surface area contributed by atoms with Crippen molar-refractivity contribution in [3.63, 3.8) is 0 Å². The SMILES string of the molecule is CCOc1cc(-c2ccc(N3CCC(NC(C)=O)CC3)nc2)c2c(C#N)cnn2c1. The molecule has 1 aliphatic rings. The predicted molar refractivity (Wildman–Crippen MR) is 113 cm³/mol. The minimum atomic E-state index is 0.0214. The van der Waals surface area contributed by atoms with E-state index in [4.69, 9.17) is 4.74 Å². The fourth-order valence-electron chi connectivity index (χ4n) is 3.92. The van der Waals surface area contributed by atoms with Crippen LogP contribution in [0.25, 0.3) is 16.6 Å². The van der Waals surface area contributed by atoms with E-state index in [0.717, 1.165) is 48.4 Å². The number of hydrogen-bond acceptors (Lipinski definition) is 6. The third-order valence-corrected chi connectivity index (χ3v) is 5.30. The van der Waals surface area contributed by atoms with Gasteiger partial charge in [0.05, 0.1) is 30.1 Å². The van der Waals surface area contributed by atoms with Crippen LogP contribution in [-0.4, -0.2) is 46.2 Å². The van der Waals surface area contributed by atoms with Gasteiger partial charge in [-0.1, -0.05) is 0 Å². The molecule has 0 saturated carbocycles. The summed E-state index contributed by atoms with van der Waals surface area (Å²) in [6.07, 6.45) is 6.98. The number of carbonyl (C=O) groups is 1. The van der Waals surface area contributed by atoms with Crippen molar-refractivity contribution < 1.29 is 9.53 Å². The summed E-state index contributed by atoms with van der Waals surface area (Å²) in [4.78, 5) is 18.1. The molecule has 0 aliphatic carbocycles. The number of ether oxygens (including phenoxy) is 1. The van der Waals surface area contributed by atoms with Gasteiger partial charge in [-0.25, -0.2) is 9.50 Å². The summed E-state index contributed by atoms with van der Waals surface area (Å²) >= 11 is 0. The van der Waals surface area contributed by atoms with E-state index < -0.39 is 0 Å². The molecule has 0 atom stereocenters. The van der Waals surface area contributed by atoms with Crippen LogP contribution in [0.3, 0.4) is 0 Å². The number of nitrogens with zero attached hydrogens (tertiary/aromatic N) is 5. The average Bonchev–Trinajstić information content (AvgIpc) is 3.17. The van der Waals surface area contributed by atoms with E-state index >= 15 is 0 Å². The first-order valence-electron chi connectivity index (χ1n) is 10.1. The van der Waals surface area contributed by atoms with Gasteiger partial charge in [0.15, 0.2) is 0 Å². The monoisotopic (exact) mass is 404 g/mol. The maximum atomic E-state index is 11.2. The van der Waals surface area contributed by atoms with E-state index in [-0.39, 0.29) is 11.9 Å². The van der Waals surface area contributed by atoms with Crippen molar-refractivity contribution in [2.45, 2.75) is 32.7 Å². The van der Waals surface area contributed by atoms with Gasteiger partial charge in [-0.3, -0.25) is 4.79 Å². The number of aromatic nitrogens is 3. The summed E-state index contributed by atoms with van der Waals surface area (Å²) in [6.45, 7) is 5.73. The molecule has 4 rings (SSSR count). The third kappa shape index (κ3) is 3.92. The maximum Gasteiger partial charge on any atom is 0.217 e. The average molecular weight is 404 g/mol. The van der Waals surface area contributed by atoms with E-state index in [1.54, 1.807) is 23.8 Å². The molecule has 8 nitrogen and oxygen atoms in total. The lowest BCUT2D eigenvalue weighted by molar-refractivity contribution is -0.119. The number of fused-ring (bicyclic) bond motifs is 1. The fraction of sp³-hybridized carbons (Fsp3) is 0.364. The van der Waals surface area contributed by atoms with Crippen LogP contribution >= 0.6 is 0 Å². The molecule has 0 aromatic carbocycles. The van der Waals surface area contributed by atoms with Gasteiger partial charge in [-0.15, -0.1) is 0 Å². The lowest BCUT2D eigenvalue weighted by Gasteiger charge is -2.33. The van der Waals surface area contributed by atoms with Crippen molar-refractivity contribution in [1.82, 2.24) is 19.9 Å². The van der Waals surface area contributed by atoms with E-state index in [1.807, 2.05) is 31.3 Å². The molecule has 3 aromatic rings. The highest BCUT2D eigenvalue weighted by molar-refractivity contribution is 5.85. The van der Waals surface area contributed by atoms with Gasteiger partial charge in [0.2, 0.25) is 5.91 Å². The molecule has 1 aliphatic heterocycles. The Morgan fingerprint density at radius 1 is 1.33 bits per heavy atom. The smallest absolute Gasteiger partial charge is 0.217 e. The van der Waals surface area contributed by atoms with Crippen molar-refractivity contribution in [3.05, 3.63) is 42.4 Å². The van der Waals surface area contributed by atoms with Gasteiger partial charge in [0.25, 0.3) is 0 Å². The number of anilines is 1. The Balaban J connectivity index is 1.60. The number of pyridine rings is 2. The molecule has 30 heavy (non-hydrogen) atoms. The second-order valence-electron chi connectivity index (χ2n) is 7.35. The van der Waals surface area contributed by atoms with Crippen LogP contribution in [0.15, 0.2) is 36.8 Å². The third-order valence-electron chi connectivity index (χ3n) is 5.30. The van der Waals surface area contributed by atoms with Crippen LogP contribution in [0.5, 0.6) is 5.75 Å². The predicted octanol–water partition coefficient (Wildman–Crippen LogP) is 2.77. The summed E-state index contributed by atoms with van der Waals surface area (Å²) < 4.78 is 7.35. The largest absolute Gasteiger partial charge is 0.492 e. The van der Waals surface area contributed by atoms with Crippen LogP contribution in [0.2, 0.25) is 0 Å². The highest BCUT2D eigenvalue weighted by atomic mass is 16.5. The Kier molecular flexibility index (Phi) is 5.53. The molecule has 1 N–H and O–H groups in total. The molecule has 0 radical (unpaired) electrons. The number of piperidine rings is 1. The summed E-state index contributed by atoms with van der Waals surface area (Å²) in [5.41, 5.74) is 3.01. The molecule has 0 bridgehead atoms. The highest BCUT2D eigenvalue weighted by Crippen LogP contribution is 2.31. The maximum absolute atomic E-state index is 11.2. The summed E-state index contributed by atoms with van der Waals surface area (Å²) in [6, 6.07) is 8.39. The number of rotatable bonds is 5. The van der Waals surface area contributed by atoms with Crippen LogP contribution in [0, 0.1) is 11.3 Å². The first kappa shape index (κ1) is 19.7. The second-order valence-corrected chi connectivity index (χ2v) is 7.35. The summed E-state index contributed by atoms with van der Waals surface area (Å²) in [5.74, 6) is 1.62. The number of nitriles is 1. The minimum absolute atomic E-state index is 0.0214. The van der Waals surface area contributed by atoms with Crippen molar-refractivity contribution in [3.8, 4) is 22.9 Å². The van der Waals surface area contributed by atoms with E-state index in [0.29, 0.717) is 17.9 Å². The Hall–Kier alpha value is -3.60. The molecule has 1 fully saturated rings. The van der Waals surface area contributed by atoms with Crippen molar-refractivity contribution in [1.29, 1.82) is 5.26 Å². The zero-order chi connectivity index (χ0) is 21.1. The van der Waals surface area contributed by atoms with Gasteiger partial charge in [0, 0.05) is 43.4 Å². The molecule has 1 saturated heterocycles. The molecule has 4 heterocycles. The van der Waals surface area contributed by atoms with Crippen LogP contribution < -0.4 is 15.0 Å². The molecule has 1 amide bonds. The molecular formula is C22H24N6O2. The number of amides is 1. The Morgan fingerprint density at radius 2 is 2.13 bits per heavy atom. The van der Waals surface area contributed by atoms with Crippen molar-refractivity contribution in [2.24, 2.45) is 0 Å². The summed E-state index contributed by atoms with van der Waals surface area (Å²) in [7, 11) is 0. The van der Waals surface area contributed by atoms with Gasteiger partial charge in [0.1, 0.15) is 17.6 Å². The normalized spacial score (nSPS) is 14.5. The first-order valence-corrected chi connectivity index (χ1v) is 10.1. The molecule has 154 valence electrons. The molecule has 3 aromatic heterocycles. The quantitative estimate of drug-likeness (QED) is 0.703. The first-order chi connectivity index (χ1) is 14.6. The van der Waals surface area contributed by atoms with E-state index in [2.05, 4.69) is 26.4 Å². The molecule has 0 spiro atoms. The Morgan fingerprint density at radius 3 is 2.77 bits per heavy atom. The van der Waals surface area contributed by atoms with Crippen LogP contribution in [0.4, 0.5) is 5.82 Å². The van der Waals surface area contributed by atoms with Gasteiger partial charge in [-0.05, 0) is 38.0 Å². The molecular weight excluding hydrogens is 380 g/mol. The fourth-order valence-corrected chi connectivity index (χ4v) is 3.92. The van der Waals surface area contributed by atoms with Crippen LogP contribution in [-0.2, 0) is 4.79 Å². The second kappa shape index (κ2) is 8.41. The van der Waals surface area contributed by atoms with Crippen molar-refractivity contribution >= 4 is 17.2 Å². The summed E-state index contributed by atoms with van der Waals surface area (Å²) in [5, 5.41) is 16.8. The number of hydrogen-bond donors (Lipinski definition) is 1. The Labute approximate surface area is 175 Å². The van der Waals surface area contributed by atoms with Crippen molar-refractivity contribution in [2.75, 3.05) is 24.6 Å². The lowest BCUT2D eigenvalue weighted by atomic mass is 10.0. The standard InChI is InChI=1S/C22H24N6O2/c1-3-30-19-10-20(22-17(11-23)13-25-28(22)14-19)16-4-5-21(24-12-16)27-8-6-18(7-9-27)26-15(2)29/h4-5,10,12-14,18H,3,6-9H2,1-2H3,(H,26,29). The van der Waals surface area contributed by atoms with Gasteiger partial charge < -0.3 is 15.0 Å². The highest BCUT2D eigenvalue weighted by Gasteiger charge is 2.21. The van der Waals surface area contributed by atoms with Gasteiger partial charge in [-0.2, -0.15) is 10.4 Å². The number of carbonyl (C=O) groups excluding carboxylic acids is 1. The Bertz CT molecular complexity index is 1090. The topological polar surface area (TPSA) is 95.5 Å². The number of nitrogens with one attached hydrogen (secondary N) is 1.